The van der Waals surface area contributed by atoms with E-state index in [1.165, 1.54) is 11.3 Å². The van der Waals surface area contributed by atoms with E-state index in [2.05, 4.69) is 12.2 Å². The Balaban J connectivity index is 1.87. The Labute approximate surface area is 121 Å². The lowest BCUT2D eigenvalue weighted by Gasteiger charge is -2.34. The van der Waals surface area contributed by atoms with E-state index >= 15 is 0 Å². The van der Waals surface area contributed by atoms with Gasteiger partial charge in [-0.1, -0.05) is 18.2 Å². The summed E-state index contributed by atoms with van der Waals surface area (Å²) in [4.78, 5) is 13.1. The number of nitrogen functional groups attached to an aromatic ring is 1. The van der Waals surface area contributed by atoms with Crippen molar-refractivity contribution in [1.82, 2.24) is 5.32 Å². The predicted octanol–water partition coefficient (Wildman–Crippen LogP) is 2.78. The summed E-state index contributed by atoms with van der Waals surface area (Å²) in [6.45, 7) is 3.45. The Hall–Kier alpha value is -1.59. The van der Waals surface area contributed by atoms with Gasteiger partial charge >= 0.3 is 0 Å². The zero-order chi connectivity index (χ0) is 14.2. The Morgan fingerprint density at radius 2 is 2.05 bits per heavy atom. The van der Waals surface area contributed by atoms with Crippen molar-refractivity contribution in [3.8, 4) is 0 Å². The lowest BCUT2D eigenvalue weighted by Crippen LogP contribution is -2.49. The molecular formula is C15H18N2O2S. The van der Waals surface area contributed by atoms with E-state index in [0.717, 1.165) is 22.9 Å². The van der Waals surface area contributed by atoms with Crippen molar-refractivity contribution in [2.75, 3.05) is 18.9 Å². The standard InChI is InChI=1S/C15H18N2O2S/c1-15(6-8-19-9-7-15)17-14(18)13-12(16)10-4-2-3-5-11(10)20-13/h2-5H,6-9,16H2,1H3,(H,17,18). The molecule has 1 amide bonds. The number of nitrogens with one attached hydrogen (secondary N) is 1. The number of carbonyl (C=O) groups excluding carboxylic acids is 1. The maximum atomic E-state index is 12.5. The zero-order valence-electron chi connectivity index (χ0n) is 11.4. The molecule has 4 nitrogen and oxygen atoms in total. The Morgan fingerprint density at radius 3 is 2.75 bits per heavy atom. The first-order valence-corrected chi connectivity index (χ1v) is 7.58. The molecule has 0 saturated carbocycles. The smallest absolute Gasteiger partial charge is 0.263 e. The van der Waals surface area contributed by atoms with Gasteiger partial charge in [0.15, 0.2) is 0 Å². The average Bonchev–Trinajstić information content (AvgIpc) is 2.77. The van der Waals surface area contributed by atoms with Gasteiger partial charge in [-0.3, -0.25) is 4.79 Å². The molecule has 0 radical (unpaired) electrons. The van der Waals surface area contributed by atoms with E-state index in [1.807, 2.05) is 24.3 Å². The number of amides is 1. The van der Waals surface area contributed by atoms with Crippen molar-refractivity contribution < 1.29 is 9.53 Å². The number of thiophene rings is 1. The maximum Gasteiger partial charge on any atom is 0.263 e. The van der Waals surface area contributed by atoms with E-state index in [1.54, 1.807) is 0 Å². The van der Waals surface area contributed by atoms with Crippen molar-refractivity contribution in [2.45, 2.75) is 25.3 Å². The molecule has 1 aromatic heterocycles. The fourth-order valence-electron chi connectivity index (χ4n) is 2.51. The summed E-state index contributed by atoms with van der Waals surface area (Å²) in [5, 5.41) is 4.08. The van der Waals surface area contributed by atoms with Gasteiger partial charge in [-0.05, 0) is 25.8 Å². The van der Waals surface area contributed by atoms with Crippen LogP contribution in [0.3, 0.4) is 0 Å². The molecule has 106 valence electrons. The minimum atomic E-state index is -0.196. The van der Waals surface area contributed by atoms with E-state index in [-0.39, 0.29) is 11.4 Å². The molecule has 1 aliphatic rings. The predicted molar refractivity (Wildman–Crippen MR) is 82.2 cm³/mol. The minimum absolute atomic E-state index is 0.0758. The molecule has 0 unspecified atom stereocenters. The van der Waals surface area contributed by atoms with Crippen LogP contribution < -0.4 is 11.1 Å². The van der Waals surface area contributed by atoms with Gasteiger partial charge in [0.05, 0.1) is 5.69 Å². The highest BCUT2D eigenvalue weighted by molar-refractivity contribution is 7.21. The van der Waals surface area contributed by atoms with Crippen molar-refractivity contribution >= 4 is 33.0 Å². The number of fused-ring (bicyclic) bond motifs is 1. The van der Waals surface area contributed by atoms with Crippen LogP contribution in [0.15, 0.2) is 24.3 Å². The first-order valence-electron chi connectivity index (χ1n) is 6.76. The maximum absolute atomic E-state index is 12.5. The average molecular weight is 290 g/mol. The molecule has 2 heterocycles. The van der Waals surface area contributed by atoms with Crippen LogP contribution in [0.5, 0.6) is 0 Å². The number of hydrogen-bond acceptors (Lipinski definition) is 4. The number of hydrogen-bond donors (Lipinski definition) is 2. The summed E-state index contributed by atoms with van der Waals surface area (Å²) >= 11 is 1.45. The highest BCUT2D eigenvalue weighted by Gasteiger charge is 2.30. The summed E-state index contributed by atoms with van der Waals surface area (Å²) in [5.74, 6) is -0.0758. The van der Waals surface area contributed by atoms with Crippen molar-refractivity contribution in [2.24, 2.45) is 0 Å². The first-order chi connectivity index (χ1) is 9.59. The fraction of sp³-hybridized carbons (Fsp3) is 0.400. The van der Waals surface area contributed by atoms with Crippen LogP contribution in [0, 0.1) is 0 Å². The van der Waals surface area contributed by atoms with E-state index in [9.17, 15) is 4.79 Å². The molecule has 5 heteroatoms. The number of ether oxygens (including phenoxy) is 1. The summed E-state index contributed by atoms with van der Waals surface area (Å²) in [6.07, 6.45) is 1.67. The van der Waals surface area contributed by atoms with Crippen molar-refractivity contribution in [3.05, 3.63) is 29.1 Å². The second-order valence-corrected chi connectivity index (χ2v) is 6.52. The number of nitrogens with two attached hydrogens (primary N) is 1. The van der Waals surface area contributed by atoms with Crippen LogP contribution in [-0.4, -0.2) is 24.7 Å². The molecular weight excluding hydrogens is 272 g/mol. The van der Waals surface area contributed by atoms with Crippen LogP contribution in [0.1, 0.15) is 29.4 Å². The first kappa shape index (κ1) is 13.4. The van der Waals surface area contributed by atoms with Gasteiger partial charge < -0.3 is 15.8 Å². The highest BCUT2D eigenvalue weighted by Crippen LogP contribution is 2.34. The third-order valence-electron chi connectivity index (χ3n) is 3.85. The molecule has 20 heavy (non-hydrogen) atoms. The summed E-state index contributed by atoms with van der Waals surface area (Å²) in [7, 11) is 0. The zero-order valence-corrected chi connectivity index (χ0v) is 12.3. The Morgan fingerprint density at radius 1 is 1.35 bits per heavy atom. The van der Waals surface area contributed by atoms with Crippen molar-refractivity contribution in [1.29, 1.82) is 0 Å². The molecule has 0 aliphatic carbocycles. The van der Waals surface area contributed by atoms with Crippen LogP contribution in [0.25, 0.3) is 10.1 Å². The number of carbonyl (C=O) groups is 1. The van der Waals surface area contributed by atoms with Gasteiger partial charge in [-0.25, -0.2) is 0 Å². The highest BCUT2D eigenvalue weighted by atomic mass is 32.1. The number of rotatable bonds is 2. The molecule has 0 atom stereocenters. The second kappa shape index (κ2) is 5.07. The molecule has 1 saturated heterocycles. The number of benzene rings is 1. The SMILES string of the molecule is CC1(NC(=O)c2sc3ccccc3c2N)CCOCC1. The van der Waals surface area contributed by atoms with E-state index in [4.69, 9.17) is 10.5 Å². The van der Waals surface area contributed by atoms with Gasteiger partial charge in [0.2, 0.25) is 0 Å². The molecule has 2 aromatic rings. The fourth-order valence-corrected chi connectivity index (χ4v) is 3.53. The number of anilines is 1. The third kappa shape index (κ3) is 2.39. The molecule has 1 aliphatic heterocycles. The molecule has 3 rings (SSSR count). The normalized spacial score (nSPS) is 18.1. The second-order valence-electron chi connectivity index (χ2n) is 5.47. The summed E-state index contributed by atoms with van der Waals surface area (Å²) < 4.78 is 6.40. The Kier molecular flexibility index (Phi) is 3.40. The van der Waals surface area contributed by atoms with Crippen LogP contribution in [-0.2, 0) is 4.74 Å². The molecule has 0 bridgehead atoms. The van der Waals surface area contributed by atoms with E-state index in [0.29, 0.717) is 23.8 Å². The van der Waals surface area contributed by atoms with Crippen LogP contribution in [0.2, 0.25) is 0 Å². The summed E-state index contributed by atoms with van der Waals surface area (Å²) in [5.41, 5.74) is 6.50. The molecule has 1 aromatic carbocycles. The van der Waals surface area contributed by atoms with Gasteiger partial charge in [-0.15, -0.1) is 11.3 Å². The third-order valence-corrected chi connectivity index (χ3v) is 5.04. The van der Waals surface area contributed by atoms with Gasteiger partial charge in [-0.2, -0.15) is 0 Å². The van der Waals surface area contributed by atoms with Gasteiger partial charge in [0.1, 0.15) is 4.88 Å². The lowest BCUT2D eigenvalue weighted by atomic mass is 9.92. The molecule has 3 N–H and O–H groups in total. The summed E-state index contributed by atoms with van der Waals surface area (Å²) in [6, 6.07) is 7.84. The van der Waals surface area contributed by atoms with Crippen LogP contribution >= 0.6 is 11.3 Å². The monoisotopic (exact) mass is 290 g/mol. The lowest BCUT2D eigenvalue weighted by molar-refractivity contribution is 0.0424. The van der Waals surface area contributed by atoms with Gasteiger partial charge in [0.25, 0.3) is 5.91 Å². The Bertz CT molecular complexity index is 644. The van der Waals surface area contributed by atoms with Crippen LogP contribution in [0.4, 0.5) is 5.69 Å². The molecule has 1 fully saturated rings. The van der Waals surface area contributed by atoms with E-state index < -0.39 is 0 Å². The quantitative estimate of drug-likeness (QED) is 0.894. The minimum Gasteiger partial charge on any atom is -0.397 e. The largest absolute Gasteiger partial charge is 0.397 e. The van der Waals surface area contributed by atoms with Gasteiger partial charge in [0, 0.05) is 28.8 Å². The topological polar surface area (TPSA) is 64.4 Å². The van der Waals surface area contributed by atoms with Crippen molar-refractivity contribution in [3.63, 3.8) is 0 Å². The molecule has 0 spiro atoms.